The van der Waals surface area contributed by atoms with E-state index in [1.165, 1.54) is 21.6 Å². The lowest BCUT2D eigenvalue weighted by molar-refractivity contribution is -0.918. The van der Waals surface area contributed by atoms with Crippen molar-refractivity contribution in [2.75, 3.05) is 70.9 Å². The van der Waals surface area contributed by atoms with Crippen molar-refractivity contribution >= 4 is 11.6 Å². The number of quaternary nitrogens is 2. The lowest BCUT2D eigenvalue weighted by Crippen LogP contribution is -3.16. The van der Waals surface area contributed by atoms with Crippen molar-refractivity contribution < 1.29 is 23.7 Å². The number of carbonyl (C=O) groups is 1. The molecule has 31 heavy (non-hydrogen) atoms. The predicted molar refractivity (Wildman–Crippen MR) is 118 cm³/mol. The summed E-state index contributed by atoms with van der Waals surface area (Å²) in [5, 5.41) is 0. The molecule has 2 aromatic carbocycles. The summed E-state index contributed by atoms with van der Waals surface area (Å²) < 4.78 is 19.2. The number of methoxy groups -OCH3 is 1. The molecule has 0 atom stereocenters. The van der Waals surface area contributed by atoms with Gasteiger partial charge in [-0.05, 0) is 18.2 Å². The average Bonchev–Trinajstić information content (AvgIpc) is 2.81. The van der Waals surface area contributed by atoms with Crippen LogP contribution in [0.1, 0.15) is 5.56 Å². The molecule has 0 aromatic heterocycles. The van der Waals surface area contributed by atoms with E-state index >= 15 is 0 Å². The van der Waals surface area contributed by atoms with E-state index in [1.807, 2.05) is 29.2 Å². The summed E-state index contributed by atoms with van der Waals surface area (Å²) in [5.41, 5.74) is 1.94. The average molecular weight is 429 g/mol. The zero-order chi connectivity index (χ0) is 21.6. The van der Waals surface area contributed by atoms with Crippen LogP contribution in [0.4, 0.5) is 10.1 Å². The van der Waals surface area contributed by atoms with Crippen molar-refractivity contribution in [3.63, 3.8) is 0 Å². The highest BCUT2D eigenvalue weighted by molar-refractivity contribution is 5.77. The van der Waals surface area contributed by atoms with Crippen LogP contribution >= 0.6 is 0 Å². The summed E-state index contributed by atoms with van der Waals surface area (Å²) in [4.78, 5) is 19.9. The first kappa shape index (κ1) is 21.6. The fourth-order valence-corrected chi connectivity index (χ4v) is 4.55. The number of anilines is 1. The number of ether oxygens (including phenoxy) is 1. The van der Waals surface area contributed by atoms with Gasteiger partial charge in [-0.1, -0.05) is 24.3 Å². The highest BCUT2D eigenvalue weighted by Crippen LogP contribution is 2.20. The SMILES string of the molecule is COc1cccc(N2CC[NH+](CC(=O)N3CC[NH+](Cc4ccccc4F)CC3)CC2)c1. The van der Waals surface area contributed by atoms with Gasteiger partial charge in [-0.3, -0.25) is 4.79 Å². The second kappa shape index (κ2) is 10.1. The number of amides is 1. The Balaban J connectivity index is 1.20. The maximum atomic E-state index is 13.9. The van der Waals surface area contributed by atoms with E-state index in [4.69, 9.17) is 4.74 Å². The molecule has 7 heteroatoms. The van der Waals surface area contributed by atoms with Crippen LogP contribution in [0.3, 0.4) is 0 Å². The minimum absolute atomic E-state index is 0.134. The fourth-order valence-electron chi connectivity index (χ4n) is 4.55. The molecular weight excluding hydrogens is 395 g/mol. The Hall–Kier alpha value is -2.64. The molecule has 166 valence electrons. The van der Waals surface area contributed by atoms with Crippen molar-refractivity contribution in [3.8, 4) is 5.75 Å². The number of hydrogen-bond acceptors (Lipinski definition) is 3. The van der Waals surface area contributed by atoms with Crippen LogP contribution in [0.2, 0.25) is 0 Å². The molecule has 2 N–H and O–H groups in total. The second-order valence-electron chi connectivity index (χ2n) is 8.51. The molecule has 2 aromatic rings. The predicted octanol–water partition coefficient (Wildman–Crippen LogP) is -0.533. The van der Waals surface area contributed by atoms with Crippen LogP contribution in [-0.2, 0) is 11.3 Å². The number of nitrogens with zero attached hydrogens (tertiary/aromatic N) is 2. The summed E-state index contributed by atoms with van der Waals surface area (Å²) >= 11 is 0. The van der Waals surface area contributed by atoms with Gasteiger partial charge in [0.05, 0.1) is 59.5 Å². The minimum atomic E-state index is -0.134. The van der Waals surface area contributed by atoms with E-state index in [-0.39, 0.29) is 11.7 Å². The third-order valence-corrected chi connectivity index (χ3v) is 6.51. The Morgan fingerprint density at radius 1 is 0.968 bits per heavy atom. The molecule has 2 fully saturated rings. The lowest BCUT2D eigenvalue weighted by Gasteiger charge is -2.36. The molecular formula is C24H33FN4O2+2. The van der Waals surface area contributed by atoms with Gasteiger partial charge in [0.1, 0.15) is 18.1 Å². The Kier molecular flexibility index (Phi) is 7.04. The van der Waals surface area contributed by atoms with E-state index in [2.05, 4.69) is 17.0 Å². The molecule has 0 bridgehead atoms. The first-order valence-corrected chi connectivity index (χ1v) is 11.2. The van der Waals surface area contributed by atoms with Gasteiger partial charge in [-0.2, -0.15) is 0 Å². The van der Waals surface area contributed by atoms with Crippen molar-refractivity contribution in [2.24, 2.45) is 0 Å². The molecule has 0 aliphatic carbocycles. The monoisotopic (exact) mass is 428 g/mol. The molecule has 2 heterocycles. The summed E-state index contributed by atoms with van der Waals surface area (Å²) in [6.45, 7) is 8.31. The standard InChI is InChI=1S/C24H31FN4O2/c1-31-22-7-4-6-21(17-22)28-13-9-27(10-14-28)19-24(30)29-15-11-26(12-16-29)18-20-5-2-3-8-23(20)25/h2-8,17H,9-16,18-19H2,1H3/p+2. The summed E-state index contributed by atoms with van der Waals surface area (Å²) in [7, 11) is 1.69. The lowest BCUT2D eigenvalue weighted by atomic mass is 10.2. The minimum Gasteiger partial charge on any atom is -0.497 e. The molecule has 1 amide bonds. The smallest absolute Gasteiger partial charge is 0.278 e. The van der Waals surface area contributed by atoms with E-state index in [0.29, 0.717) is 13.1 Å². The second-order valence-corrected chi connectivity index (χ2v) is 8.51. The van der Waals surface area contributed by atoms with E-state index < -0.39 is 0 Å². The molecule has 0 saturated carbocycles. The van der Waals surface area contributed by atoms with Crippen LogP contribution in [0.15, 0.2) is 48.5 Å². The van der Waals surface area contributed by atoms with Gasteiger partial charge in [0.25, 0.3) is 5.91 Å². The first-order chi connectivity index (χ1) is 15.1. The summed E-state index contributed by atoms with van der Waals surface area (Å²) in [6.07, 6.45) is 0. The van der Waals surface area contributed by atoms with Crippen LogP contribution < -0.4 is 19.4 Å². The molecule has 4 rings (SSSR count). The molecule has 2 aliphatic heterocycles. The van der Waals surface area contributed by atoms with E-state index in [0.717, 1.165) is 63.7 Å². The maximum Gasteiger partial charge on any atom is 0.278 e. The van der Waals surface area contributed by atoms with Gasteiger partial charge in [0, 0.05) is 17.3 Å². The Morgan fingerprint density at radius 3 is 2.39 bits per heavy atom. The number of piperazine rings is 2. The van der Waals surface area contributed by atoms with Gasteiger partial charge >= 0.3 is 0 Å². The first-order valence-electron chi connectivity index (χ1n) is 11.2. The number of nitrogens with one attached hydrogen (secondary N) is 2. The number of benzene rings is 2. The quantitative estimate of drug-likeness (QED) is 0.650. The van der Waals surface area contributed by atoms with Gasteiger partial charge in [-0.25, -0.2) is 4.39 Å². The number of carbonyl (C=O) groups excluding carboxylic acids is 1. The maximum absolute atomic E-state index is 13.9. The fraction of sp³-hybridized carbons (Fsp3) is 0.458. The van der Waals surface area contributed by atoms with Crippen LogP contribution in [0, 0.1) is 5.82 Å². The third kappa shape index (κ3) is 5.54. The highest BCUT2D eigenvalue weighted by Gasteiger charge is 2.28. The van der Waals surface area contributed by atoms with E-state index in [1.54, 1.807) is 13.2 Å². The van der Waals surface area contributed by atoms with Gasteiger partial charge in [0.2, 0.25) is 0 Å². The normalized spacial score (nSPS) is 18.3. The number of hydrogen-bond donors (Lipinski definition) is 2. The zero-order valence-corrected chi connectivity index (χ0v) is 18.3. The van der Waals surface area contributed by atoms with Gasteiger partial charge in [0.15, 0.2) is 6.54 Å². The Bertz CT molecular complexity index is 877. The molecule has 6 nitrogen and oxygen atoms in total. The third-order valence-electron chi connectivity index (χ3n) is 6.51. The molecule has 2 aliphatic rings. The number of rotatable bonds is 6. The molecule has 0 radical (unpaired) electrons. The summed E-state index contributed by atoms with van der Waals surface area (Å²) in [5.74, 6) is 0.985. The zero-order valence-electron chi connectivity index (χ0n) is 18.3. The van der Waals surface area contributed by atoms with Gasteiger partial charge < -0.3 is 24.3 Å². The Labute approximate surface area is 183 Å². The van der Waals surface area contributed by atoms with Crippen LogP contribution in [0.25, 0.3) is 0 Å². The van der Waals surface area contributed by atoms with Crippen molar-refractivity contribution in [1.29, 1.82) is 0 Å². The van der Waals surface area contributed by atoms with E-state index in [9.17, 15) is 9.18 Å². The summed E-state index contributed by atoms with van der Waals surface area (Å²) in [6, 6.07) is 15.1. The van der Waals surface area contributed by atoms with Crippen molar-refractivity contribution in [3.05, 3.63) is 59.9 Å². The molecule has 0 spiro atoms. The topological polar surface area (TPSA) is 41.7 Å². The van der Waals surface area contributed by atoms with Crippen LogP contribution in [0.5, 0.6) is 5.75 Å². The van der Waals surface area contributed by atoms with Crippen LogP contribution in [-0.4, -0.2) is 76.8 Å². The Morgan fingerprint density at radius 2 is 1.68 bits per heavy atom. The van der Waals surface area contributed by atoms with Crippen molar-refractivity contribution in [1.82, 2.24) is 4.90 Å². The number of halogens is 1. The van der Waals surface area contributed by atoms with Gasteiger partial charge in [-0.15, -0.1) is 0 Å². The highest BCUT2D eigenvalue weighted by atomic mass is 19.1. The largest absolute Gasteiger partial charge is 0.497 e. The molecule has 0 unspecified atom stereocenters. The van der Waals surface area contributed by atoms with Crippen molar-refractivity contribution in [2.45, 2.75) is 6.54 Å². The molecule has 2 saturated heterocycles.